The number of carbonyl (C=O) groups excluding carboxylic acids is 1. The van der Waals surface area contributed by atoms with Crippen LogP contribution < -0.4 is 10.6 Å². The van der Waals surface area contributed by atoms with Crippen molar-refractivity contribution in [1.29, 1.82) is 0 Å². The highest BCUT2D eigenvalue weighted by Gasteiger charge is 2.25. The minimum atomic E-state index is -0.906. The SMILES string of the molecule is CCSCc1cccc(NC(=O)NCC(C)(O)C(C)C)c1. The third kappa shape index (κ3) is 6.40. The summed E-state index contributed by atoms with van der Waals surface area (Å²) >= 11 is 1.84. The van der Waals surface area contributed by atoms with Gasteiger partial charge in [0, 0.05) is 18.0 Å². The Morgan fingerprint density at radius 3 is 2.76 bits per heavy atom. The normalized spacial score (nSPS) is 13.8. The molecule has 0 aliphatic carbocycles. The maximum Gasteiger partial charge on any atom is 0.319 e. The van der Waals surface area contributed by atoms with Crippen LogP contribution in [0, 0.1) is 5.92 Å². The lowest BCUT2D eigenvalue weighted by Gasteiger charge is -2.27. The molecule has 0 aromatic heterocycles. The summed E-state index contributed by atoms with van der Waals surface area (Å²) < 4.78 is 0. The number of hydrogen-bond donors (Lipinski definition) is 3. The van der Waals surface area contributed by atoms with Gasteiger partial charge in [0.1, 0.15) is 0 Å². The lowest BCUT2D eigenvalue weighted by atomic mass is 9.93. The van der Waals surface area contributed by atoms with Gasteiger partial charge in [-0.25, -0.2) is 4.79 Å². The van der Waals surface area contributed by atoms with Crippen LogP contribution >= 0.6 is 11.8 Å². The molecule has 118 valence electrons. The maximum absolute atomic E-state index is 11.9. The van der Waals surface area contributed by atoms with Crippen LogP contribution in [0.5, 0.6) is 0 Å². The van der Waals surface area contributed by atoms with Crippen LogP contribution in [0.1, 0.15) is 33.3 Å². The summed E-state index contributed by atoms with van der Waals surface area (Å²) in [6, 6.07) is 7.53. The van der Waals surface area contributed by atoms with Crippen LogP contribution in [-0.2, 0) is 5.75 Å². The van der Waals surface area contributed by atoms with E-state index in [1.807, 2.05) is 43.8 Å². The van der Waals surface area contributed by atoms with Gasteiger partial charge in [0.15, 0.2) is 0 Å². The molecule has 3 N–H and O–H groups in total. The Balaban J connectivity index is 2.51. The molecular formula is C16H26N2O2S. The molecular weight excluding hydrogens is 284 g/mol. The fourth-order valence-corrected chi connectivity index (χ4v) is 2.22. The molecule has 0 saturated carbocycles. The van der Waals surface area contributed by atoms with Crippen molar-refractivity contribution in [2.45, 2.75) is 39.0 Å². The smallest absolute Gasteiger partial charge is 0.319 e. The van der Waals surface area contributed by atoms with Crippen molar-refractivity contribution in [3.05, 3.63) is 29.8 Å². The summed E-state index contributed by atoms with van der Waals surface area (Å²) in [6.07, 6.45) is 0. The first-order valence-corrected chi connectivity index (χ1v) is 8.44. The third-order valence-electron chi connectivity index (χ3n) is 3.51. The predicted molar refractivity (Wildman–Crippen MR) is 90.8 cm³/mol. The quantitative estimate of drug-likeness (QED) is 0.722. The Hall–Kier alpha value is -1.20. The molecule has 1 unspecified atom stereocenters. The Kier molecular flexibility index (Phi) is 7.05. The van der Waals surface area contributed by atoms with Gasteiger partial charge in [-0.05, 0) is 36.3 Å². The molecule has 1 aromatic carbocycles. The third-order valence-corrected chi connectivity index (χ3v) is 4.45. The highest BCUT2D eigenvalue weighted by atomic mass is 32.2. The van der Waals surface area contributed by atoms with Crippen molar-refractivity contribution in [3.63, 3.8) is 0 Å². The molecule has 0 aliphatic rings. The van der Waals surface area contributed by atoms with Gasteiger partial charge in [0.05, 0.1) is 5.60 Å². The predicted octanol–water partition coefficient (Wildman–Crippen LogP) is 3.47. The Morgan fingerprint density at radius 1 is 1.43 bits per heavy atom. The molecule has 2 amide bonds. The molecule has 0 heterocycles. The van der Waals surface area contributed by atoms with Crippen LogP contribution in [0.2, 0.25) is 0 Å². The highest BCUT2D eigenvalue weighted by Crippen LogP contribution is 2.17. The summed E-state index contributed by atoms with van der Waals surface area (Å²) in [4.78, 5) is 11.9. The average molecular weight is 310 g/mol. The molecule has 0 radical (unpaired) electrons. The fourth-order valence-electron chi connectivity index (χ4n) is 1.60. The molecule has 0 bridgehead atoms. The minimum absolute atomic E-state index is 0.0761. The number of nitrogens with one attached hydrogen (secondary N) is 2. The second kappa shape index (κ2) is 8.29. The van der Waals surface area contributed by atoms with Gasteiger partial charge in [-0.15, -0.1) is 0 Å². The monoisotopic (exact) mass is 310 g/mol. The molecule has 21 heavy (non-hydrogen) atoms. The number of benzene rings is 1. The lowest BCUT2D eigenvalue weighted by Crippen LogP contribution is -2.45. The number of thioether (sulfide) groups is 1. The topological polar surface area (TPSA) is 61.4 Å². The summed E-state index contributed by atoms with van der Waals surface area (Å²) in [7, 11) is 0. The molecule has 1 rings (SSSR count). The van der Waals surface area contributed by atoms with E-state index in [2.05, 4.69) is 23.6 Å². The summed E-state index contributed by atoms with van der Waals surface area (Å²) in [5.41, 5.74) is 1.05. The Bertz CT molecular complexity index is 461. The van der Waals surface area contributed by atoms with Gasteiger partial charge in [-0.3, -0.25) is 0 Å². The van der Waals surface area contributed by atoms with Crippen LogP contribution in [0.3, 0.4) is 0 Å². The van der Waals surface area contributed by atoms with Crippen molar-refractivity contribution in [3.8, 4) is 0 Å². The molecule has 0 aliphatic heterocycles. The van der Waals surface area contributed by atoms with Gasteiger partial charge in [0.25, 0.3) is 0 Å². The molecule has 0 fully saturated rings. The van der Waals surface area contributed by atoms with E-state index in [-0.39, 0.29) is 18.5 Å². The van der Waals surface area contributed by atoms with E-state index in [0.29, 0.717) is 0 Å². The number of aliphatic hydroxyl groups is 1. The minimum Gasteiger partial charge on any atom is -0.388 e. The number of hydrogen-bond acceptors (Lipinski definition) is 3. The van der Waals surface area contributed by atoms with Gasteiger partial charge < -0.3 is 15.7 Å². The van der Waals surface area contributed by atoms with E-state index in [0.717, 1.165) is 17.2 Å². The number of anilines is 1. The second-order valence-corrected chi connectivity index (χ2v) is 6.93. The molecule has 1 atom stereocenters. The van der Waals surface area contributed by atoms with E-state index in [1.54, 1.807) is 6.92 Å². The summed E-state index contributed by atoms with van der Waals surface area (Å²) in [5, 5.41) is 15.6. The van der Waals surface area contributed by atoms with Gasteiger partial charge in [-0.2, -0.15) is 11.8 Å². The Morgan fingerprint density at radius 2 is 2.14 bits per heavy atom. The Labute approximate surface area is 131 Å². The second-order valence-electron chi connectivity index (χ2n) is 5.66. The van der Waals surface area contributed by atoms with Crippen molar-refractivity contribution in [2.75, 3.05) is 17.6 Å². The first-order valence-electron chi connectivity index (χ1n) is 7.29. The van der Waals surface area contributed by atoms with E-state index in [9.17, 15) is 9.90 Å². The molecule has 0 spiro atoms. The maximum atomic E-state index is 11.9. The zero-order valence-corrected chi connectivity index (χ0v) is 14.1. The van der Waals surface area contributed by atoms with Crippen LogP contribution in [0.25, 0.3) is 0 Å². The van der Waals surface area contributed by atoms with Gasteiger partial charge >= 0.3 is 6.03 Å². The zero-order chi connectivity index (χ0) is 15.9. The lowest BCUT2D eigenvalue weighted by molar-refractivity contribution is 0.0170. The van der Waals surface area contributed by atoms with E-state index in [4.69, 9.17) is 0 Å². The number of amides is 2. The first-order chi connectivity index (χ1) is 9.85. The molecule has 5 heteroatoms. The first kappa shape index (κ1) is 17.9. The summed E-state index contributed by atoms with van der Waals surface area (Å²) in [6.45, 7) is 7.92. The standard InChI is InChI=1S/C16H26N2O2S/c1-5-21-10-13-7-6-8-14(9-13)18-15(19)17-11-16(4,20)12(2)3/h6-9,12,20H,5,10-11H2,1-4H3,(H2,17,18,19). The van der Waals surface area contributed by atoms with Crippen molar-refractivity contribution >= 4 is 23.5 Å². The van der Waals surface area contributed by atoms with Crippen molar-refractivity contribution < 1.29 is 9.90 Å². The van der Waals surface area contributed by atoms with Gasteiger partial charge in [-0.1, -0.05) is 32.9 Å². The van der Waals surface area contributed by atoms with Crippen molar-refractivity contribution in [1.82, 2.24) is 5.32 Å². The number of carbonyl (C=O) groups is 1. The van der Waals surface area contributed by atoms with Gasteiger partial charge in [0.2, 0.25) is 0 Å². The van der Waals surface area contributed by atoms with Crippen molar-refractivity contribution in [2.24, 2.45) is 5.92 Å². The molecule has 1 aromatic rings. The fraction of sp³-hybridized carbons (Fsp3) is 0.562. The largest absolute Gasteiger partial charge is 0.388 e. The zero-order valence-electron chi connectivity index (χ0n) is 13.3. The highest BCUT2D eigenvalue weighted by molar-refractivity contribution is 7.98. The summed E-state index contributed by atoms with van der Waals surface area (Å²) in [5.74, 6) is 2.09. The average Bonchev–Trinajstić information content (AvgIpc) is 2.43. The molecule has 4 nitrogen and oxygen atoms in total. The van der Waals surface area contributed by atoms with Crippen LogP contribution in [0.15, 0.2) is 24.3 Å². The van der Waals surface area contributed by atoms with E-state index < -0.39 is 5.60 Å². The van der Waals surface area contributed by atoms with E-state index >= 15 is 0 Å². The number of urea groups is 1. The van der Waals surface area contributed by atoms with Crippen LogP contribution in [0.4, 0.5) is 10.5 Å². The number of rotatable bonds is 7. The van der Waals surface area contributed by atoms with E-state index in [1.165, 1.54) is 5.56 Å². The van der Waals surface area contributed by atoms with Crippen LogP contribution in [-0.4, -0.2) is 29.0 Å². The molecule has 0 saturated heterocycles.